The lowest BCUT2D eigenvalue weighted by molar-refractivity contribution is -0.148. The van der Waals surface area contributed by atoms with Crippen LogP contribution in [0.25, 0.3) is 0 Å². The van der Waals surface area contributed by atoms with Crippen molar-refractivity contribution < 1.29 is 34.0 Å². The molecule has 2 N–H and O–H groups in total. The van der Waals surface area contributed by atoms with Crippen molar-refractivity contribution in [2.75, 3.05) is 13.9 Å². The number of aliphatic carboxylic acids is 2. The molecule has 0 spiro atoms. The first-order valence-corrected chi connectivity index (χ1v) is 5.92. The molecule has 108 valence electrons. The zero-order valence-corrected chi connectivity index (χ0v) is 10.8. The second-order valence-electron chi connectivity index (χ2n) is 4.37. The maximum Gasteiger partial charge on any atom is 0.307 e. The van der Waals surface area contributed by atoms with Crippen molar-refractivity contribution in [1.82, 2.24) is 0 Å². The average molecular weight is 282 g/mol. The first kappa shape index (κ1) is 14.0. The van der Waals surface area contributed by atoms with Gasteiger partial charge in [-0.1, -0.05) is 0 Å². The maximum atomic E-state index is 11.1. The molecule has 1 aromatic rings. The number of fused-ring (bicyclic) bond motifs is 1. The molecule has 0 fully saturated rings. The Morgan fingerprint density at radius 3 is 2.70 bits per heavy atom. The van der Waals surface area contributed by atoms with E-state index in [-0.39, 0.29) is 13.2 Å². The number of methoxy groups -OCH3 is 1. The van der Waals surface area contributed by atoms with E-state index in [1.165, 1.54) is 7.11 Å². The van der Waals surface area contributed by atoms with Gasteiger partial charge in [-0.2, -0.15) is 0 Å². The van der Waals surface area contributed by atoms with Gasteiger partial charge in [-0.15, -0.1) is 0 Å². The predicted molar refractivity (Wildman–Crippen MR) is 66.2 cm³/mol. The van der Waals surface area contributed by atoms with Gasteiger partial charge in [0.25, 0.3) is 0 Å². The second kappa shape index (κ2) is 5.68. The lowest BCUT2D eigenvalue weighted by atomic mass is 9.96. The average Bonchev–Trinajstić information content (AvgIpc) is 2.84. The van der Waals surface area contributed by atoms with Crippen LogP contribution in [0.2, 0.25) is 0 Å². The van der Waals surface area contributed by atoms with E-state index in [1.54, 1.807) is 12.1 Å². The number of carboxylic acid groups (broad SMARTS) is 2. The van der Waals surface area contributed by atoms with Gasteiger partial charge in [-0.3, -0.25) is 9.59 Å². The van der Waals surface area contributed by atoms with Crippen molar-refractivity contribution >= 4 is 11.9 Å². The Balaban J connectivity index is 2.24. The lowest BCUT2D eigenvalue weighted by Crippen LogP contribution is -2.20. The monoisotopic (exact) mass is 282 g/mol. The summed E-state index contributed by atoms with van der Waals surface area (Å²) in [4.78, 5) is 21.8. The molecule has 1 atom stereocenters. The molecule has 0 aliphatic carbocycles. The lowest BCUT2D eigenvalue weighted by Gasteiger charge is -2.12. The van der Waals surface area contributed by atoms with Crippen molar-refractivity contribution in [3.63, 3.8) is 0 Å². The Morgan fingerprint density at radius 1 is 1.35 bits per heavy atom. The van der Waals surface area contributed by atoms with Gasteiger partial charge in [0, 0.05) is 0 Å². The van der Waals surface area contributed by atoms with Gasteiger partial charge in [0.05, 0.1) is 19.4 Å². The number of carbonyl (C=O) groups is 2. The fourth-order valence-corrected chi connectivity index (χ4v) is 2.04. The third kappa shape index (κ3) is 2.93. The molecule has 0 bridgehead atoms. The predicted octanol–water partition coefficient (Wildman–Crippen LogP) is 1.14. The largest absolute Gasteiger partial charge is 0.493 e. The van der Waals surface area contributed by atoms with E-state index in [9.17, 15) is 9.59 Å². The summed E-state index contributed by atoms with van der Waals surface area (Å²) < 4.78 is 15.6. The molecule has 0 saturated carbocycles. The third-order valence-corrected chi connectivity index (χ3v) is 2.97. The van der Waals surface area contributed by atoms with Crippen LogP contribution in [-0.4, -0.2) is 36.1 Å². The van der Waals surface area contributed by atoms with Gasteiger partial charge in [0.1, 0.15) is 0 Å². The second-order valence-corrected chi connectivity index (χ2v) is 4.37. The summed E-state index contributed by atoms with van der Waals surface area (Å²) >= 11 is 0. The molecule has 1 aromatic carbocycles. The van der Waals surface area contributed by atoms with E-state index in [0.29, 0.717) is 22.8 Å². The highest BCUT2D eigenvalue weighted by Crippen LogP contribution is 2.42. The number of rotatable bonds is 6. The zero-order valence-electron chi connectivity index (χ0n) is 10.8. The zero-order chi connectivity index (χ0) is 14.7. The fourth-order valence-electron chi connectivity index (χ4n) is 2.04. The SMILES string of the molecule is COc1cc(C[C@@H](CC(=O)O)C(=O)O)cc2c1OCO2. The molecule has 0 radical (unpaired) electrons. The molecule has 1 aliphatic heterocycles. The molecule has 0 aromatic heterocycles. The van der Waals surface area contributed by atoms with Gasteiger partial charge >= 0.3 is 11.9 Å². The third-order valence-electron chi connectivity index (χ3n) is 2.97. The van der Waals surface area contributed by atoms with Gasteiger partial charge in [-0.25, -0.2) is 0 Å². The molecule has 7 nitrogen and oxygen atoms in total. The Kier molecular flexibility index (Phi) is 3.97. The van der Waals surface area contributed by atoms with E-state index >= 15 is 0 Å². The van der Waals surface area contributed by atoms with Crippen LogP contribution >= 0.6 is 0 Å². The smallest absolute Gasteiger partial charge is 0.307 e. The van der Waals surface area contributed by atoms with Crippen LogP contribution in [-0.2, 0) is 16.0 Å². The van der Waals surface area contributed by atoms with E-state index < -0.39 is 24.3 Å². The molecule has 0 amide bonds. The summed E-state index contributed by atoms with van der Waals surface area (Å²) in [6.07, 6.45) is -0.360. The molecule has 7 heteroatoms. The van der Waals surface area contributed by atoms with Crippen LogP contribution in [0.15, 0.2) is 12.1 Å². The van der Waals surface area contributed by atoms with Crippen LogP contribution in [0.4, 0.5) is 0 Å². The highest BCUT2D eigenvalue weighted by atomic mass is 16.7. The first-order valence-electron chi connectivity index (χ1n) is 5.92. The number of benzene rings is 1. The van der Waals surface area contributed by atoms with Crippen LogP contribution in [0.3, 0.4) is 0 Å². The minimum absolute atomic E-state index is 0.0760. The Bertz CT molecular complexity index is 538. The van der Waals surface area contributed by atoms with E-state index in [0.717, 1.165) is 0 Å². The van der Waals surface area contributed by atoms with Gasteiger partial charge < -0.3 is 24.4 Å². The summed E-state index contributed by atoms with van der Waals surface area (Å²) in [7, 11) is 1.47. The van der Waals surface area contributed by atoms with Crippen molar-refractivity contribution in [2.45, 2.75) is 12.8 Å². The van der Waals surface area contributed by atoms with E-state index in [2.05, 4.69) is 0 Å². The number of hydrogen-bond donors (Lipinski definition) is 2. The van der Waals surface area contributed by atoms with Crippen LogP contribution in [0, 0.1) is 5.92 Å². The standard InChI is InChI=1S/C13H14O7/c1-18-9-3-7(4-10-12(9)20-6-19-10)2-8(13(16)17)5-11(14)15/h3-4,8H,2,5-6H2,1H3,(H,14,15)(H,16,17)/t8-/m0/s1. The van der Waals surface area contributed by atoms with Crippen molar-refractivity contribution in [2.24, 2.45) is 5.92 Å². The van der Waals surface area contributed by atoms with Gasteiger partial charge in [-0.05, 0) is 24.1 Å². The molecule has 1 aliphatic rings. The first-order chi connectivity index (χ1) is 9.51. The molecule has 0 saturated heterocycles. The van der Waals surface area contributed by atoms with Crippen LogP contribution in [0.5, 0.6) is 17.2 Å². The molecule has 1 heterocycles. The summed E-state index contributed by atoms with van der Waals surface area (Å²) in [5.41, 5.74) is 0.625. The minimum Gasteiger partial charge on any atom is -0.493 e. The Hall–Kier alpha value is -2.44. The molecule has 0 unspecified atom stereocenters. The molecular formula is C13H14O7. The molecule has 20 heavy (non-hydrogen) atoms. The summed E-state index contributed by atoms with van der Waals surface area (Å²) in [6, 6.07) is 3.27. The summed E-state index contributed by atoms with van der Waals surface area (Å²) in [5, 5.41) is 17.8. The van der Waals surface area contributed by atoms with Crippen molar-refractivity contribution in [1.29, 1.82) is 0 Å². The van der Waals surface area contributed by atoms with Crippen molar-refractivity contribution in [3.05, 3.63) is 17.7 Å². The van der Waals surface area contributed by atoms with Gasteiger partial charge in [0.2, 0.25) is 12.5 Å². The highest BCUT2D eigenvalue weighted by molar-refractivity contribution is 5.78. The van der Waals surface area contributed by atoms with E-state index in [1.807, 2.05) is 0 Å². The number of hydrogen-bond acceptors (Lipinski definition) is 5. The quantitative estimate of drug-likeness (QED) is 0.806. The summed E-state index contributed by atoms with van der Waals surface area (Å²) in [5.74, 6) is -1.92. The fraction of sp³-hybridized carbons (Fsp3) is 0.385. The van der Waals surface area contributed by atoms with Crippen LogP contribution in [0.1, 0.15) is 12.0 Å². The molecular weight excluding hydrogens is 268 g/mol. The molecule has 2 rings (SSSR count). The highest BCUT2D eigenvalue weighted by Gasteiger charge is 2.25. The topological polar surface area (TPSA) is 102 Å². The van der Waals surface area contributed by atoms with E-state index in [4.69, 9.17) is 24.4 Å². The Morgan fingerprint density at radius 2 is 2.10 bits per heavy atom. The van der Waals surface area contributed by atoms with Crippen molar-refractivity contribution in [3.8, 4) is 17.2 Å². The Labute approximate surface area is 114 Å². The normalized spacial score (nSPS) is 13.8. The maximum absolute atomic E-state index is 11.1. The number of carboxylic acids is 2. The summed E-state index contributed by atoms with van der Waals surface area (Å²) in [6.45, 7) is 0.0760. The minimum atomic E-state index is -1.15. The number of ether oxygens (including phenoxy) is 3. The van der Waals surface area contributed by atoms with Gasteiger partial charge in [0.15, 0.2) is 11.5 Å². The van der Waals surface area contributed by atoms with Crippen LogP contribution < -0.4 is 14.2 Å².